The van der Waals surface area contributed by atoms with Crippen LogP contribution in [0.25, 0.3) is 0 Å². The van der Waals surface area contributed by atoms with Gasteiger partial charge >= 0.3 is 0 Å². The minimum absolute atomic E-state index is 0.134. The van der Waals surface area contributed by atoms with Crippen molar-refractivity contribution in [2.45, 2.75) is 36.1 Å². The van der Waals surface area contributed by atoms with Crippen molar-refractivity contribution < 1.29 is 12.9 Å². The third-order valence-corrected chi connectivity index (χ3v) is 6.26. The maximum absolute atomic E-state index is 12.2. The van der Waals surface area contributed by atoms with Crippen molar-refractivity contribution in [2.24, 2.45) is 0 Å². The number of nitrogens with one attached hydrogen (secondary N) is 2. The highest BCUT2D eigenvalue weighted by Crippen LogP contribution is 2.23. The number of sulfonamides is 1. The molecule has 0 atom stereocenters. The van der Waals surface area contributed by atoms with Crippen molar-refractivity contribution in [3.8, 4) is 0 Å². The van der Waals surface area contributed by atoms with Crippen LogP contribution in [0.4, 0.5) is 0 Å². The van der Waals surface area contributed by atoms with Crippen LogP contribution in [-0.2, 0) is 23.0 Å². The highest BCUT2D eigenvalue weighted by atomic mass is 32.2. The van der Waals surface area contributed by atoms with Gasteiger partial charge in [-0.3, -0.25) is 0 Å². The summed E-state index contributed by atoms with van der Waals surface area (Å²) in [5.74, 6) is 0. The summed E-state index contributed by atoms with van der Waals surface area (Å²) in [5.41, 5.74) is 0.559. The van der Waals surface area contributed by atoms with E-state index >= 15 is 0 Å². The van der Waals surface area contributed by atoms with Crippen LogP contribution in [0.1, 0.15) is 23.4 Å². The Balaban J connectivity index is 1.55. The van der Waals surface area contributed by atoms with E-state index in [1.807, 2.05) is 6.07 Å². The summed E-state index contributed by atoms with van der Waals surface area (Å²) in [5, 5.41) is 7.09. The van der Waals surface area contributed by atoms with Crippen LogP contribution in [0.3, 0.4) is 0 Å². The molecule has 2 N–H and O–H groups in total. The van der Waals surface area contributed by atoms with E-state index in [1.165, 1.54) is 30.4 Å². The Morgan fingerprint density at radius 2 is 2.19 bits per heavy atom. The molecule has 1 aliphatic carbocycles. The second-order valence-electron chi connectivity index (χ2n) is 5.01. The fourth-order valence-corrected chi connectivity index (χ4v) is 4.29. The number of aromatic nitrogens is 1. The van der Waals surface area contributed by atoms with Gasteiger partial charge in [-0.25, -0.2) is 13.1 Å². The third-order valence-electron chi connectivity index (χ3n) is 3.22. The molecule has 1 saturated carbocycles. The van der Waals surface area contributed by atoms with Crippen molar-refractivity contribution >= 4 is 21.4 Å². The molecule has 8 heteroatoms. The van der Waals surface area contributed by atoms with E-state index in [0.29, 0.717) is 15.9 Å². The molecule has 3 rings (SSSR count). The Morgan fingerprint density at radius 3 is 2.90 bits per heavy atom. The lowest BCUT2D eigenvalue weighted by atomic mass is 10.3. The minimum atomic E-state index is -3.48. The van der Waals surface area contributed by atoms with Gasteiger partial charge in [0, 0.05) is 23.5 Å². The molecule has 6 nitrogen and oxygen atoms in total. The molecule has 0 aliphatic heterocycles. The first kappa shape index (κ1) is 14.7. The lowest BCUT2D eigenvalue weighted by Gasteiger charge is -2.02. The zero-order chi connectivity index (χ0) is 14.7. The molecule has 0 bridgehead atoms. The summed E-state index contributed by atoms with van der Waals surface area (Å²) in [6, 6.07) is 5.84. The number of rotatable bonds is 8. The lowest BCUT2D eigenvalue weighted by molar-refractivity contribution is 0.411. The van der Waals surface area contributed by atoms with Gasteiger partial charge in [0.15, 0.2) is 0 Å². The molecule has 0 saturated heterocycles. The van der Waals surface area contributed by atoms with Gasteiger partial charge in [-0.2, -0.15) is 0 Å². The smallest absolute Gasteiger partial charge is 0.250 e. The first-order chi connectivity index (χ1) is 10.1. The van der Waals surface area contributed by atoms with E-state index in [-0.39, 0.29) is 6.54 Å². The molecular formula is C13H17N3O3S2. The molecule has 0 unspecified atom stereocenters. The van der Waals surface area contributed by atoms with Gasteiger partial charge in [0.1, 0.15) is 10.5 Å². The summed E-state index contributed by atoms with van der Waals surface area (Å²) >= 11 is 1.31. The van der Waals surface area contributed by atoms with Crippen LogP contribution in [0.5, 0.6) is 0 Å². The van der Waals surface area contributed by atoms with Crippen LogP contribution in [0, 0.1) is 0 Å². The summed E-state index contributed by atoms with van der Waals surface area (Å²) in [6.45, 7) is 1.03. The van der Waals surface area contributed by atoms with E-state index < -0.39 is 10.0 Å². The summed E-state index contributed by atoms with van der Waals surface area (Å²) < 4.78 is 31.8. The average molecular weight is 327 g/mol. The number of hydrogen-bond acceptors (Lipinski definition) is 6. The first-order valence-corrected chi connectivity index (χ1v) is 9.14. The quantitative estimate of drug-likeness (QED) is 0.768. The van der Waals surface area contributed by atoms with Gasteiger partial charge in [-0.15, -0.1) is 11.3 Å². The molecule has 0 amide bonds. The molecule has 0 spiro atoms. The molecule has 2 aromatic heterocycles. The maximum atomic E-state index is 12.2. The molecule has 21 heavy (non-hydrogen) atoms. The highest BCUT2D eigenvalue weighted by molar-refractivity contribution is 7.91. The first-order valence-electron chi connectivity index (χ1n) is 6.84. The Bertz CT molecular complexity index is 675. The molecule has 114 valence electrons. The summed E-state index contributed by atoms with van der Waals surface area (Å²) in [4.78, 5) is 1.07. The van der Waals surface area contributed by atoms with Gasteiger partial charge in [-0.05, 0) is 31.4 Å². The van der Waals surface area contributed by atoms with Gasteiger partial charge in [-0.1, -0.05) is 5.16 Å². The van der Waals surface area contributed by atoms with E-state index in [4.69, 9.17) is 0 Å². The third kappa shape index (κ3) is 4.13. The van der Waals surface area contributed by atoms with Gasteiger partial charge in [0.05, 0.1) is 12.2 Å². The molecule has 0 radical (unpaired) electrons. The fourth-order valence-electron chi connectivity index (χ4n) is 1.89. The maximum Gasteiger partial charge on any atom is 0.250 e. The predicted molar refractivity (Wildman–Crippen MR) is 79.6 cm³/mol. The summed E-state index contributed by atoms with van der Waals surface area (Å²) in [7, 11) is -3.48. The standard InChI is InChI=1S/C13H17N3O3S2/c17-21(18,15-9-11-6-8-19-16-11)13-4-3-12(20-13)5-7-14-10-1-2-10/h3-4,6,8,10,14-15H,1-2,5,7,9H2. The SMILES string of the molecule is O=S(=O)(NCc1ccon1)c1ccc(CCNC2CC2)s1. The lowest BCUT2D eigenvalue weighted by Crippen LogP contribution is -2.22. The molecule has 2 aromatic rings. The largest absolute Gasteiger partial charge is 0.364 e. The van der Waals surface area contributed by atoms with Gasteiger partial charge in [0.2, 0.25) is 10.0 Å². The Morgan fingerprint density at radius 1 is 1.33 bits per heavy atom. The zero-order valence-corrected chi connectivity index (χ0v) is 13.0. The molecule has 1 aliphatic rings. The zero-order valence-electron chi connectivity index (χ0n) is 11.4. The van der Waals surface area contributed by atoms with Crippen molar-refractivity contribution in [1.29, 1.82) is 0 Å². The Kier molecular flexibility index (Phi) is 4.39. The molecular weight excluding hydrogens is 310 g/mol. The number of hydrogen-bond donors (Lipinski definition) is 2. The van der Waals surface area contributed by atoms with Crippen molar-refractivity contribution in [1.82, 2.24) is 15.2 Å². The second-order valence-corrected chi connectivity index (χ2v) is 8.18. The van der Waals surface area contributed by atoms with Crippen LogP contribution in [-0.4, -0.2) is 26.2 Å². The van der Waals surface area contributed by atoms with Gasteiger partial charge < -0.3 is 9.84 Å². The molecule has 0 aromatic carbocycles. The highest BCUT2D eigenvalue weighted by Gasteiger charge is 2.20. The van der Waals surface area contributed by atoms with Crippen LogP contribution < -0.4 is 10.0 Å². The average Bonchev–Trinajstić information content (AvgIpc) is 2.94. The Hall–Kier alpha value is -1.22. The second kappa shape index (κ2) is 6.27. The number of thiophene rings is 1. The van der Waals surface area contributed by atoms with Crippen LogP contribution in [0.15, 0.2) is 33.2 Å². The predicted octanol–water partition coefficient (Wildman–Crippen LogP) is 1.51. The van der Waals surface area contributed by atoms with E-state index in [1.54, 1.807) is 12.1 Å². The Labute approximate surface area is 127 Å². The van der Waals surface area contributed by atoms with Crippen LogP contribution >= 0.6 is 11.3 Å². The fraction of sp³-hybridized carbons (Fsp3) is 0.462. The van der Waals surface area contributed by atoms with E-state index in [0.717, 1.165) is 17.8 Å². The van der Waals surface area contributed by atoms with E-state index in [9.17, 15) is 8.42 Å². The summed E-state index contributed by atoms with van der Waals surface area (Å²) in [6.07, 6.45) is 4.80. The number of nitrogens with zero attached hydrogens (tertiary/aromatic N) is 1. The minimum Gasteiger partial charge on any atom is -0.364 e. The van der Waals surface area contributed by atoms with E-state index in [2.05, 4.69) is 19.7 Å². The van der Waals surface area contributed by atoms with Crippen molar-refractivity contribution in [3.63, 3.8) is 0 Å². The van der Waals surface area contributed by atoms with Crippen LogP contribution in [0.2, 0.25) is 0 Å². The van der Waals surface area contributed by atoms with Gasteiger partial charge in [0.25, 0.3) is 0 Å². The molecule has 2 heterocycles. The monoisotopic (exact) mass is 327 g/mol. The van der Waals surface area contributed by atoms with Crippen molar-refractivity contribution in [3.05, 3.63) is 35.0 Å². The van der Waals surface area contributed by atoms with Crippen molar-refractivity contribution in [2.75, 3.05) is 6.54 Å². The normalized spacial score (nSPS) is 15.4. The molecule has 1 fully saturated rings. The topological polar surface area (TPSA) is 84.2 Å².